The molecule has 51 heavy (non-hydrogen) atoms. The van der Waals surface area contributed by atoms with Crippen molar-refractivity contribution in [3.05, 3.63) is 164 Å². The molecule has 0 saturated heterocycles. The SMILES string of the molecule is c1cc(-c2cnc3oc4c(-c5cccc(-c6cccc7c6sc6ccccc67)c5)cccc4c3c2)cc(-c2cccc3c2sc2ccccc23)c1. The largest absolute Gasteiger partial charge is 0.437 e. The number of hydrogen-bond acceptors (Lipinski definition) is 4. The first-order valence-electron chi connectivity index (χ1n) is 17.1. The predicted molar refractivity (Wildman–Crippen MR) is 219 cm³/mol. The molecule has 4 heterocycles. The summed E-state index contributed by atoms with van der Waals surface area (Å²) in [6, 6.07) is 57.0. The second kappa shape index (κ2) is 11.2. The van der Waals surface area contributed by atoms with E-state index in [1.807, 2.05) is 28.9 Å². The first kappa shape index (κ1) is 28.7. The van der Waals surface area contributed by atoms with Crippen LogP contribution >= 0.6 is 22.7 Å². The van der Waals surface area contributed by atoms with Crippen molar-refractivity contribution in [2.24, 2.45) is 0 Å². The number of para-hydroxylation sites is 1. The van der Waals surface area contributed by atoms with Crippen LogP contribution in [0.4, 0.5) is 0 Å². The number of fused-ring (bicyclic) bond motifs is 9. The van der Waals surface area contributed by atoms with Crippen LogP contribution < -0.4 is 0 Å². The number of aromatic nitrogens is 1. The third kappa shape index (κ3) is 4.51. The molecular formula is C47H27NOS2. The highest BCUT2D eigenvalue weighted by Gasteiger charge is 2.17. The Kier molecular flexibility index (Phi) is 6.32. The zero-order valence-corrected chi connectivity index (χ0v) is 28.9. The molecule has 0 amide bonds. The van der Waals surface area contributed by atoms with E-state index < -0.39 is 0 Å². The molecule has 0 unspecified atom stereocenters. The van der Waals surface area contributed by atoms with Crippen LogP contribution in [0.15, 0.2) is 168 Å². The second-order valence-electron chi connectivity index (χ2n) is 13.1. The van der Waals surface area contributed by atoms with Crippen molar-refractivity contribution in [1.82, 2.24) is 4.98 Å². The fraction of sp³-hybridized carbons (Fsp3) is 0. The number of nitrogens with zero attached hydrogens (tertiary/aromatic N) is 1. The summed E-state index contributed by atoms with van der Waals surface area (Å²) < 4.78 is 11.8. The molecular weight excluding hydrogens is 659 g/mol. The molecule has 238 valence electrons. The molecule has 4 heteroatoms. The summed E-state index contributed by atoms with van der Waals surface area (Å²) in [5, 5.41) is 7.34. The highest BCUT2D eigenvalue weighted by Crippen LogP contribution is 2.43. The van der Waals surface area contributed by atoms with Gasteiger partial charge in [0.05, 0.1) is 0 Å². The first-order valence-corrected chi connectivity index (χ1v) is 18.7. The third-order valence-corrected chi connectivity index (χ3v) is 12.6. The van der Waals surface area contributed by atoms with E-state index in [0.29, 0.717) is 5.71 Å². The van der Waals surface area contributed by atoms with Crippen molar-refractivity contribution in [3.63, 3.8) is 0 Å². The number of pyridine rings is 1. The Morgan fingerprint density at radius 3 is 1.51 bits per heavy atom. The summed E-state index contributed by atoms with van der Waals surface area (Å²) in [4.78, 5) is 4.87. The van der Waals surface area contributed by atoms with Gasteiger partial charge in [0.1, 0.15) is 5.58 Å². The minimum absolute atomic E-state index is 0.651. The molecule has 11 rings (SSSR count). The maximum absolute atomic E-state index is 6.55. The summed E-state index contributed by atoms with van der Waals surface area (Å²) >= 11 is 3.73. The molecule has 0 atom stereocenters. The lowest BCUT2D eigenvalue weighted by Crippen LogP contribution is -1.84. The number of rotatable bonds is 4. The molecule has 0 N–H and O–H groups in total. The molecule has 0 saturated carbocycles. The van der Waals surface area contributed by atoms with E-state index in [1.165, 1.54) is 62.6 Å². The Morgan fingerprint density at radius 2 is 0.863 bits per heavy atom. The van der Waals surface area contributed by atoms with Crippen molar-refractivity contribution in [2.45, 2.75) is 0 Å². The van der Waals surface area contributed by atoms with Gasteiger partial charge < -0.3 is 4.42 Å². The minimum atomic E-state index is 0.651. The van der Waals surface area contributed by atoms with Gasteiger partial charge in [-0.15, -0.1) is 22.7 Å². The zero-order chi connectivity index (χ0) is 33.5. The lowest BCUT2D eigenvalue weighted by atomic mass is 9.96. The molecule has 0 aliphatic heterocycles. The van der Waals surface area contributed by atoms with Gasteiger partial charge in [-0.05, 0) is 63.7 Å². The van der Waals surface area contributed by atoms with E-state index in [0.717, 1.165) is 38.6 Å². The smallest absolute Gasteiger partial charge is 0.227 e. The Balaban J connectivity index is 1.00. The van der Waals surface area contributed by atoms with Crippen molar-refractivity contribution in [3.8, 4) is 44.5 Å². The Morgan fingerprint density at radius 1 is 0.373 bits per heavy atom. The normalized spacial score (nSPS) is 11.9. The van der Waals surface area contributed by atoms with Gasteiger partial charge in [0.15, 0.2) is 0 Å². The molecule has 7 aromatic carbocycles. The Bertz CT molecular complexity index is 3160. The van der Waals surface area contributed by atoms with Gasteiger partial charge >= 0.3 is 0 Å². The highest BCUT2D eigenvalue weighted by molar-refractivity contribution is 7.26. The van der Waals surface area contributed by atoms with Crippen LogP contribution in [0.25, 0.3) is 107 Å². The lowest BCUT2D eigenvalue weighted by molar-refractivity contribution is 0.655. The second-order valence-corrected chi connectivity index (χ2v) is 15.2. The van der Waals surface area contributed by atoms with Crippen molar-refractivity contribution >= 4 is 85.1 Å². The average molecular weight is 686 g/mol. The van der Waals surface area contributed by atoms with Crippen LogP contribution in [0.5, 0.6) is 0 Å². The van der Waals surface area contributed by atoms with Crippen molar-refractivity contribution in [1.29, 1.82) is 0 Å². The molecule has 4 aromatic heterocycles. The first-order chi connectivity index (χ1) is 25.3. The van der Waals surface area contributed by atoms with Gasteiger partial charge in [-0.1, -0.05) is 127 Å². The summed E-state index contributed by atoms with van der Waals surface area (Å²) in [6.07, 6.45) is 1.94. The van der Waals surface area contributed by atoms with Gasteiger partial charge in [-0.2, -0.15) is 0 Å². The number of thiophene rings is 2. The molecule has 0 bridgehead atoms. The molecule has 0 aliphatic carbocycles. The van der Waals surface area contributed by atoms with Crippen LogP contribution in [0.1, 0.15) is 0 Å². The zero-order valence-electron chi connectivity index (χ0n) is 27.3. The van der Waals surface area contributed by atoms with E-state index in [4.69, 9.17) is 9.40 Å². The van der Waals surface area contributed by atoms with Gasteiger partial charge in [-0.25, -0.2) is 4.98 Å². The minimum Gasteiger partial charge on any atom is -0.437 e. The molecule has 0 fully saturated rings. The van der Waals surface area contributed by atoms with Crippen molar-refractivity contribution in [2.75, 3.05) is 0 Å². The van der Waals surface area contributed by atoms with E-state index in [2.05, 4.69) is 158 Å². The molecule has 0 spiro atoms. The van der Waals surface area contributed by atoms with E-state index in [1.54, 1.807) is 0 Å². The maximum atomic E-state index is 6.55. The van der Waals surface area contributed by atoms with Gasteiger partial charge in [0.25, 0.3) is 0 Å². The van der Waals surface area contributed by atoms with Crippen LogP contribution in [0, 0.1) is 0 Å². The van der Waals surface area contributed by atoms with Crippen LogP contribution in [-0.4, -0.2) is 4.98 Å². The van der Waals surface area contributed by atoms with E-state index >= 15 is 0 Å². The number of benzene rings is 7. The topological polar surface area (TPSA) is 26.0 Å². The van der Waals surface area contributed by atoms with Crippen molar-refractivity contribution < 1.29 is 4.42 Å². The molecule has 0 radical (unpaired) electrons. The van der Waals surface area contributed by atoms with Gasteiger partial charge in [0, 0.05) is 68.4 Å². The fourth-order valence-corrected chi connectivity index (χ4v) is 10.2. The quantitative estimate of drug-likeness (QED) is 0.184. The molecule has 0 aliphatic rings. The van der Waals surface area contributed by atoms with Crippen LogP contribution in [0.3, 0.4) is 0 Å². The third-order valence-electron chi connectivity index (χ3n) is 10.2. The maximum Gasteiger partial charge on any atom is 0.227 e. The molecule has 11 aromatic rings. The molecule has 2 nitrogen and oxygen atoms in total. The lowest BCUT2D eigenvalue weighted by Gasteiger charge is -2.08. The van der Waals surface area contributed by atoms with Crippen LogP contribution in [-0.2, 0) is 0 Å². The van der Waals surface area contributed by atoms with Gasteiger partial charge in [0.2, 0.25) is 5.71 Å². The van der Waals surface area contributed by atoms with Gasteiger partial charge in [-0.3, -0.25) is 0 Å². The summed E-state index contributed by atoms with van der Waals surface area (Å²) in [5.41, 5.74) is 10.8. The van der Waals surface area contributed by atoms with E-state index in [9.17, 15) is 0 Å². The Hall–Kier alpha value is -6.07. The standard InChI is InChI=1S/C47H27NOS2/c1-3-22-42-36(14-1)39-20-8-17-34(45(39)50-42)30-12-5-10-28(24-30)32-26-41-38-19-7-16-33(44(38)49-47(41)48-27-32)29-11-6-13-31(25-29)35-18-9-21-40-37-15-2-4-23-43(37)51-46(35)40/h1-27H. The number of hydrogen-bond donors (Lipinski definition) is 0. The highest BCUT2D eigenvalue weighted by atomic mass is 32.1. The monoisotopic (exact) mass is 685 g/mol. The average Bonchev–Trinajstić information content (AvgIpc) is 3.89. The summed E-state index contributed by atoms with van der Waals surface area (Å²) in [6.45, 7) is 0. The van der Waals surface area contributed by atoms with E-state index in [-0.39, 0.29) is 0 Å². The van der Waals surface area contributed by atoms with Crippen LogP contribution in [0.2, 0.25) is 0 Å². The fourth-order valence-electron chi connectivity index (χ4n) is 7.74. The summed E-state index contributed by atoms with van der Waals surface area (Å²) in [7, 11) is 0. The number of furan rings is 1. The predicted octanol–water partition coefficient (Wildman–Crippen LogP) is 14.4. The summed E-state index contributed by atoms with van der Waals surface area (Å²) in [5.74, 6) is 0. The Labute approximate surface area is 301 Å².